The number of hydrogen-bond donors (Lipinski definition) is 2. The van der Waals surface area contributed by atoms with Crippen LogP contribution >= 0.6 is 12.4 Å². The molecule has 5 nitrogen and oxygen atoms in total. The lowest BCUT2D eigenvalue weighted by atomic mass is 10.1. The monoisotopic (exact) mass is 284 g/mol. The van der Waals surface area contributed by atoms with Gasteiger partial charge in [-0.15, -0.1) is 12.4 Å². The molecule has 1 atom stereocenters. The van der Waals surface area contributed by atoms with Gasteiger partial charge in [0, 0.05) is 24.2 Å². The maximum atomic E-state index is 11.8. The zero-order valence-corrected chi connectivity index (χ0v) is 11.3. The van der Waals surface area contributed by atoms with Gasteiger partial charge in [0.05, 0.1) is 0 Å². The number of amides is 1. The van der Waals surface area contributed by atoms with E-state index < -0.39 is 0 Å². The lowest BCUT2D eigenvalue weighted by Gasteiger charge is -2.10. The molecule has 1 amide bonds. The van der Waals surface area contributed by atoms with Crippen molar-refractivity contribution in [2.45, 2.75) is 25.3 Å². The van der Waals surface area contributed by atoms with E-state index in [-0.39, 0.29) is 25.1 Å². The van der Waals surface area contributed by atoms with E-state index in [1.807, 2.05) is 12.1 Å². The van der Waals surface area contributed by atoms with Gasteiger partial charge in [0.15, 0.2) is 11.5 Å². The SMILES string of the molecule is Cl.O=C(CC1CCCN1)Nc1ccc2c(c1)OCO2. The Kier molecular flexibility index (Phi) is 4.50. The molecule has 2 aliphatic heterocycles. The largest absolute Gasteiger partial charge is 0.454 e. The third kappa shape index (κ3) is 3.30. The molecular formula is C13H17ClN2O3. The zero-order chi connectivity index (χ0) is 12.4. The summed E-state index contributed by atoms with van der Waals surface area (Å²) >= 11 is 0. The molecule has 1 aromatic rings. The van der Waals surface area contributed by atoms with Gasteiger partial charge in [-0.2, -0.15) is 0 Å². The van der Waals surface area contributed by atoms with Gasteiger partial charge in [-0.3, -0.25) is 4.79 Å². The van der Waals surface area contributed by atoms with E-state index in [2.05, 4.69) is 10.6 Å². The summed E-state index contributed by atoms with van der Waals surface area (Å²) in [5, 5.41) is 6.19. The van der Waals surface area contributed by atoms with Crippen LogP contribution in [0, 0.1) is 0 Å². The zero-order valence-electron chi connectivity index (χ0n) is 10.5. The van der Waals surface area contributed by atoms with Gasteiger partial charge in [0.1, 0.15) is 0 Å². The summed E-state index contributed by atoms with van der Waals surface area (Å²) in [6.45, 7) is 1.26. The van der Waals surface area contributed by atoms with E-state index in [9.17, 15) is 4.79 Å². The van der Waals surface area contributed by atoms with Crippen molar-refractivity contribution in [3.8, 4) is 11.5 Å². The smallest absolute Gasteiger partial charge is 0.231 e. The summed E-state index contributed by atoms with van der Waals surface area (Å²) in [5.74, 6) is 1.45. The minimum atomic E-state index is 0. The first-order valence-electron chi connectivity index (χ1n) is 6.24. The van der Waals surface area contributed by atoms with Crippen LogP contribution in [-0.4, -0.2) is 25.3 Å². The fourth-order valence-corrected chi connectivity index (χ4v) is 2.34. The molecule has 1 aromatic carbocycles. The first-order chi connectivity index (χ1) is 8.81. The molecule has 0 spiro atoms. The predicted molar refractivity (Wildman–Crippen MR) is 74.1 cm³/mol. The molecule has 6 heteroatoms. The summed E-state index contributed by atoms with van der Waals surface area (Å²) < 4.78 is 10.5. The molecule has 104 valence electrons. The van der Waals surface area contributed by atoms with Crippen molar-refractivity contribution in [2.75, 3.05) is 18.7 Å². The van der Waals surface area contributed by atoms with Gasteiger partial charge in [0.25, 0.3) is 0 Å². The number of halogens is 1. The second-order valence-electron chi connectivity index (χ2n) is 4.61. The van der Waals surface area contributed by atoms with Crippen LogP contribution in [0.3, 0.4) is 0 Å². The van der Waals surface area contributed by atoms with E-state index >= 15 is 0 Å². The maximum Gasteiger partial charge on any atom is 0.231 e. The molecule has 1 saturated heterocycles. The highest BCUT2D eigenvalue weighted by molar-refractivity contribution is 5.91. The number of carbonyl (C=O) groups excluding carboxylic acids is 1. The predicted octanol–water partition coefficient (Wildman–Crippen LogP) is 1.92. The van der Waals surface area contributed by atoms with Gasteiger partial charge < -0.3 is 20.1 Å². The van der Waals surface area contributed by atoms with Gasteiger partial charge in [-0.1, -0.05) is 0 Å². The minimum absolute atomic E-state index is 0. The second kappa shape index (κ2) is 6.12. The highest BCUT2D eigenvalue weighted by Gasteiger charge is 2.18. The fourth-order valence-electron chi connectivity index (χ4n) is 2.34. The quantitative estimate of drug-likeness (QED) is 0.890. The molecule has 19 heavy (non-hydrogen) atoms. The summed E-state index contributed by atoms with van der Waals surface area (Å²) in [5.41, 5.74) is 0.752. The number of nitrogens with one attached hydrogen (secondary N) is 2. The van der Waals surface area contributed by atoms with Crippen molar-refractivity contribution in [3.63, 3.8) is 0 Å². The van der Waals surface area contributed by atoms with Crippen LogP contribution in [0.5, 0.6) is 11.5 Å². The van der Waals surface area contributed by atoms with Crippen molar-refractivity contribution < 1.29 is 14.3 Å². The molecule has 1 unspecified atom stereocenters. The van der Waals surface area contributed by atoms with Gasteiger partial charge in [0.2, 0.25) is 12.7 Å². The van der Waals surface area contributed by atoms with Gasteiger partial charge >= 0.3 is 0 Å². The van der Waals surface area contributed by atoms with Gasteiger partial charge in [-0.25, -0.2) is 0 Å². The molecule has 3 rings (SSSR count). The molecule has 0 saturated carbocycles. The average Bonchev–Trinajstić information content (AvgIpc) is 2.98. The molecule has 2 heterocycles. The Morgan fingerprint density at radius 1 is 1.37 bits per heavy atom. The van der Waals surface area contributed by atoms with Crippen molar-refractivity contribution in [3.05, 3.63) is 18.2 Å². The maximum absolute atomic E-state index is 11.8. The summed E-state index contributed by atoms with van der Waals surface area (Å²) in [7, 11) is 0. The fraction of sp³-hybridized carbons (Fsp3) is 0.462. The van der Waals surface area contributed by atoms with Crippen LogP contribution in [-0.2, 0) is 4.79 Å². The van der Waals surface area contributed by atoms with E-state index in [1.165, 1.54) is 0 Å². The Morgan fingerprint density at radius 3 is 3.00 bits per heavy atom. The van der Waals surface area contributed by atoms with Crippen molar-refractivity contribution in [2.24, 2.45) is 0 Å². The lowest BCUT2D eigenvalue weighted by molar-refractivity contribution is -0.116. The van der Waals surface area contributed by atoms with Gasteiger partial charge in [-0.05, 0) is 31.5 Å². The number of carbonyl (C=O) groups is 1. The Hall–Kier alpha value is -1.46. The topological polar surface area (TPSA) is 59.6 Å². The third-order valence-corrected chi connectivity index (χ3v) is 3.25. The Labute approximate surface area is 118 Å². The number of anilines is 1. The second-order valence-corrected chi connectivity index (χ2v) is 4.61. The molecular weight excluding hydrogens is 268 g/mol. The van der Waals surface area contributed by atoms with Crippen LogP contribution in [0.1, 0.15) is 19.3 Å². The van der Waals surface area contributed by atoms with Crippen molar-refractivity contribution >= 4 is 24.0 Å². The molecule has 0 bridgehead atoms. The molecule has 1 fully saturated rings. The first-order valence-corrected chi connectivity index (χ1v) is 6.24. The summed E-state index contributed by atoms with van der Waals surface area (Å²) in [6.07, 6.45) is 2.75. The number of hydrogen-bond acceptors (Lipinski definition) is 4. The normalized spacial score (nSPS) is 19.9. The molecule has 2 N–H and O–H groups in total. The average molecular weight is 285 g/mol. The highest BCUT2D eigenvalue weighted by atomic mass is 35.5. The molecule has 0 aromatic heterocycles. The highest BCUT2D eigenvalue weighted by Crippen LogP contribution is 2.34. The number of fused-ring (bicyclic) bond motifs is 1. The van der Waals surface area contributed by atoms with E-state index in [0.29, 0.717) is 18.2 Å². The van der Waals surface area contributed by atoms with Crippen LogP contribution in [0.15, 0.2) is 18.2 Å². The number of ether oxygens (including phenoxy) is 2. The van der Waals surface area contributed by atoms with E-state index in [0.717, 1.165) is 30.8 Å². The Balaban J connectivity index is 0.00000133. The minimum Gasteiger partial charge on any atom is -0.454 e. The molecule has 2 aliphatic rings. The van der Waals surface area contributed by atoms with Crippen LogP contribution < -0.4 is 20.1 Å². The van der Waals surface area contributed by atoms with E-state index in [4.69, 9.17) is 9.47 Å². The lowest BCUT2D eigenvalue weighted by Crippen LogP contribution is -2.27. The van der Waals surface area contributed by atoms with Crippen LogP contribution in [0.25, 0.3) is 0 Å². The Bertz CT molecular complexity index is 461. The summed E-state index contributed by atoms with van der Waals surface area (Å²) in [4.78, 5) is 11.8. The van der Waals surface area contributed by atoms with Crippen LogP contribution in [0.2, 0.25) is 0 Å². The third-order valence-electron chi connectivity index (χ3n) is 3.25. The molecule has 0 aliphatic carbocycles. The standard InChI is InChI=1S/C13H16N2O3.ClH/c16-13(7-9-2-1-5-14-9)15-10-3-4-11-12(6-10)18-8-17-11;/h3-4,6,9,14H,1-2,5,7-8H2,(H,15,16);1H. The Morgan fingerprint density at radius 2 is 2.21 bits per heavy atom. The molecule has 0 radical (unpaired) electrons. The van der Waals surface area contributed by atoms with Crippen molar-refractivity contribution in [1.29, 1.82) is 0 Å². The van der Waals surface area contributed by atoms with E-state index in [1.54, 1.807) is 6.07 Å². The summed E-state index contributed by atoms with van der Waals surface area (Å²) in [6, 6.07) is 5.75. The van der Waals surface area contributed by atoms with Crippen LogP contribution in [0.4, 0.5) is 5.69 Å². The van der Waals surface area contributed by atoms with Crippen molar-refractivity contribution in [1.82, 2.24) is 5.32 Å². The number of rotatable bonds is 3. The first kappa shape index (κ1) is 14.0. The number of benzene rings is 1.